The normalized spacial score (nSPS) is 12.0. The van der Waals surface area contributed by atoms with Gasteiger partial charge in [0.2, 0.25) is 0 Å². The Labute approximate surface area is 141 Å². The Morgan fingerprint density at radius 1 is 1.21 bits per heavy atom. The minimum absolute atomic E-state index is 0.138. The zero-order valence-corrected chi connectivity index (χ0v) is 13.8. The lowest BCUT2D eigenvalue weighted by Gasteiger charge is -2.14. The van der Waals surface area contributed by atoms with E-state index in [1.54, 1.807) is 18.2 Å². The van der Waals surface area contributed by atoms with Crippen molar-refractivity contribution in [2.45, 2.75) is 25.9 Å². The minimum Gasteiger partial charge on any atom is -0.490 e. The quantitative estimate of drug-likeness (QED) is 0.466. The molecular weight excluding hydrogens is 306 g/mol. The van der Waals surface area contributed by atoms with Gasteiger partial charge in [0.05, 0.1) is 10.5 Å². The number of aliphatic hydroxyl groups excluding tert-OH is 1. The van der Waals surface area contributed by atoms with E-state index in [1.807, 2.05) is 12.1 Å². The molecule has 0 bridgehead atoms. The van der Waals surface area contributed by atoms with Crippen LogP contribution in [0.25, 0.3) is 0 Å². The predicted molar refractivity (Wildman–Crippen MR) is 93.4 cm³/mol. The second-order valence-electron chi connectivity index (χ2n) is 5.80. The fourth-order valence-corrected chi connectivity index (χ4v) is 2.41. The third-order valence-corrected chi connectivity index (χ3v) is 3.78. The summed E-state index contributed by atoms with van der Waals surface area (Å²) in [5.74, 6) is 0.828. The maximum absolute atomic E-state index is 11.3. The molecule has 0 spiro atoms. The zero-order chi connectivity index (χ0) is 17.7. The summed E-state index contributed by atoms with van der Waals surface area (Å²) in [6, 6.07) is 11.8. The number of aliphatic hydroxyl groups is 1. The number of nitrogens with zero attached hydrogens (tertiary/aromatic N) is 1. The van der Waals surface area contributed by atoms with Gasteiger partial charge < -0.3 is 9.84 Å². The Balaban J connectivity index is 2.39. The Morgan fingerprint density at radius 2 is 1.83 bits per heavy atom. The smallest absolute Gasteiger partial charge is 0.275 e. The molecule has 0 fully saturated rings. The van der Waals surface area contributed by atoms with E-state index < -0.39 is 11.0 Å². The molecule has 1 N–H and O–H groups in total. The molecule has 1 atom stereocenters. The summed E-state index contributed by atoms with van der Waals surface area (Å²) in [5.41, 5.74) is 1.81. The molecule has 2 rings (SSSR count). The molecule has 0 aliphatic carbocycles. The molecule has 24 heavy (non-hydrogen) atoms. The Kier molecular flexibility index (Phi) is 5.71. The first-order chi connectivity index (χ1) is 11.4. The highest BCUT2D eigenvalue weighted by molar-refractivity contribution is 5.49. The molecule has 5 nitrogen and oxygen atoms in total. The summed E-state index contributed by atoms with van der Waals surface area (Å²) < 4.78 is 5.42. The number of hydrogen-bond acceptors (Lipinski definition) is 4. The first-order valence-electron chi connectivity index (χ1n) is 7.74. The molecule has 126 valence electrons. The van der Waals surface area contributed by atoms with E-state index in [-0.39, 0.29) is 17.9 Å². The summed E-state index contributed by atoms with van der Waals surface area (Å²) in [6.07, 6.45) is 0.487. The highest BCUT2D eigenvalue weighted by Gasteiger charge is 2.23. The number of nitro groups is 1. The van der Waals surface area contributed by atoms with Crippen LogP contribution in [-0.4, -0.2) is 16.6 Å². The molecule has 0 saturated heterocycles. The van der Waals surface area contributed by atoms with Gasteiger partial charge in [0.1, 0.15) is 18.5 Å². The number of hydrogen-bond donors (Lipinski definition) is 1. The van der Waals surface area contributed by atoms with Crippen LogP contribution in [0.3, 0.4) is 0 Å². The molecule has 2 aromatic carbocycles. The van der Waals surface area contributed by atoms with Crippen molar-refractivity contribution in [3.8, 4) is 5.75 Å². The van der Waals surface area contributed by atoms with Crippen LogP contribution < -0.4 is 4.74 Å². The van der Waals surface area contributed by atoms with Crippen molar-refractivity contribution in [3.63, 3.8) is 0 Å². The summed E-state index contributed by atoms with van der Waals surface area (Å²) in [6.45, 7) is 8.01. The molecule has 0 heterocycles. The molecule has 2 aromatic rings. The summed E-state index contributed by atoms with van der Waals surface area (Å²) in [7, 11) is 0. The molecule has 0 saturated carbocycles. The standard InChI is InChI=1S/C19H21NO4/c1-4-11-24-16-9-10-18(20(22)23)17(12-16)19(21)15-7-5-14(6-8-15)13(2)3/h4-10,12-13,19,21H,1,11H2,2-3H3/t19-/m0/s1. The highest BCUT2D eigenvalue weighted by Crippen LogP contribution is 2.33. The first-order valence-corrected chi connectivity index (χ1v) is 7.74. The van der Waals surface area contributed by atoms with Gasteiger partial charge >= 0.3 is 0 Å². The van der Waals surface area contributed by atoms with E-state index in [0.717, 1.165) is 5.56 Å². The molecule has 0 aromatic heterocycles. The molecule has 0 amide bonds. The lowest BCUT2D eigenvalue weighted by molar-refractivity contribution is -0.386. The Morgan fingerprint density at radius 3 is 2.38 bits per heavy atom. The van der Waals surface area contributed by atoms with Crippen LogP contribution in [0.5, 0.6) is 5.75 Å². The van der Waals surface area contributed by atoms with Crippen molar-refractivity contribution < 1.29 is 14.8 Å². The average molecular weight is 327 g/mol. The number of rotatable bonds is 7. The molecular formula is C19H21NO4. The van der Waals surface area contributed by atoms with Gasteiger partial charge in [-0.2, -0.15) is 0 Å². The maximum Gasteiger partial charge on any atom is 0.275 e. The van der Waals surface area contributed by atoms with Gasteiger partial charge in [-0.25, -0.2) is 0 Å². The Hall–Kier alpha value is -2.66. The van der Waals surface area contributed by atoms with E-state index in [1.165, 1.54) is 18.2 Å². The fourth-order valence-electron chi connectivity index (χ4n) is 2.41. The number of ether oxygens (including phenoxy) is 1. The van der Waals surface area contributed by atoms with Crippen LogP contribution in [0.1, 0.15) is 42.6 Å². The average Bonchev–Trinajstić information content (AvgIpc) is 2.59. The predicted octanol–water partition coefficient (Wildman–Crippen LogP) is 4.36. The van der Waals surface area contributed by atoms with Crippen LogP contribution in [0.15, 0.2) is 55.1 Å². The van der Waals surface area contributed by atoms with Crippen molar-refractivity contribution in [1.29, 1.82) is 0 Å². The van der Waals surface area contributed by atoms with Gasteiger partial charge in [-0.3, -0.25) is 10.1 Å². The zero-order valence-electron chi connectivity index (χ0n) is 13.8. The minimum atomic E-state index is -1.10. The number of benzene rings is 2. The molecule has 5 heteroatoms. The van der Waals surface area contributed by atoms with E-state index in [4.69, 9.17) is 4.74 Å². The topological polar surface area (TPSA) is 72.6 Å². The van der Waals surface area contributed by atoms with Crippen LogP contribution in [0, 0.1) is 10.1 Å². The molecule has 0 unspecified atom stereocenters. The van der Waals surface area contributed by atoms with E-state index in [9.17, 15) is 15.2 Å². The SMILES string of the molecule is C=CCOc1ccc([N+](=O)[O-])c([C@@H](O)c2ccc(C(C)C)cc2)c1. The lowest BCUT2D eigenvalue weighted by atomic mass is 9.96. The van der Waals surface area contributed by atoms with Crippen molar-refractivity contribution in [1.82, 2.24) is 0 Å². The van der Waals surface area contributed by atoms with Gasteiger partial charge in [0.15, 0.2) is 0 Å². The van der Waals surface area contributed by atoms with Gasteiger partial charge in [-0.05, 0) is 29.2 Å². The maximum atomic E-state index is 11.3. The van der Waals surface area contributed by atoms with E-state index in [0.29, 0.717) is 17.2 Å². The largest absolute Gasteiger partial charge is 0.490 e. The van der Waals surface area contributed by atoms with Gasteiger partial charge in [-0.15, -0.1) is 0 Å². The summed E-state index contributed by atoms with van der Waals surface area (Å²) >= 11 is 0. The van der Waals surface area contributed by atoms with E-state index >= 15 is 0 Å². The van der Waals surface area contributed by atoms with Gasteiger partial charge in [-0.1, -0.05) is 50.8 Å². The first kappa shape index (κ1) is 17.7. The fraction of sp³-hybridized carbons (Fsp3) is 0.263. The summed E-state index contributed by atoms with van der Waals surface area (Å²) in [5, 5.41) is 21.9. The van der Waals surface area contributed by atoms with Crippen LogP contribution in [0.2, 0.25) is 0 Å². The second kappa shape index (κ2) is 7.75. The van der Waals surface area contributed by atoms with Crippen LogP contribution in [-0.2, 0) is 0 Å². The third kappa shape index (κ3) is 4.00. The van der Waals surface area contributed by atoms with Gasteiger partial charge in [0.25, 0.3) is 5.69 Å². The third-order valence-electron chi connectivity index (χ3n) is 3.78. The lowest BCUT2D eigenvalue weighted by Crippen LogP contribution is -2.05. The highest BCUT2D eigenvalue weighted by atomic mass is 16.6. The summed E-state index contributed by atoms with van der Waals surface area (Å²) in [4.78, 5) is 10.8. The molecule has 0 radical (unpaired) electrons. The van der Waals surface area contributed by atoms with Gasteiger partial charge in [0, 0.05) is 6.07 Å². The van der Waals surface area contributed by atoms with Crippen molar-refractivity contribution in [3.05, 3.63) is 81.9 Å². The van der Waals surface area contributed by atoms with E-state index in [2.05, 4.69) is 20.4 Å². The number of nitro benzene ring substituents is 1. The molecule has 0 aliphatic rings. The van der Waals surface area contributed by atoms with Crippen molar-refractivity contribution >= 4 is 5.69 Å². The van der Waals surface area contributed by atoms with Crippen LogP contribution in [0.4, 0.5) is 5.69 Å². The van der Waals surface area contributed by atoms with Crippen molar-refractivity contribution in [2.75, 3.05) is 6.61 Å². The van der Waals surface area contributed by atoms with Crippen LogP contribution >= 0.6 is 0 Å². The molecule has 0 aliphatic heterocycles. The van der Waals surface area contributed by atoms with Crippen molar-refractivity contribution in [2.24, 2.45) is 0 Å². The Bertz CT molecular complexity index is 723. The second-order valence-corrected chi connectivity index (χ2v) is 5.80. The monoisotopic (exact) mass is 327 g/mol.